The molecule has 5 heteroatoms. The van der Waals surface area contributed by atoms with Gasteiger partial charge in [0.15, 0.2) is 0 Å². The summed E-state index contributed by atoms with van der Waals surface area (Å²) in [6.07, 6.45) is 2.11. The van der Waals surface area contributed by atoms with Gasteiger partial charge >= 0.3 is 0 Å². The zero-order valence-corrected chi connectivity index (χ0v) is 12.7. The van der Waals surface area contributed by atoms with Crippen molar-refractivity contribution >= 4 is 17.5 Å². The molecule has 0 spiro atoms. The highest BCUT2D eigenvalue weighted by Gasteiger charge is 2.22. The largest absolute Gasteiger partial charge is 0.339 e. The average molecular weight is 289 g/mol. The third-order valence-corrected chi connectivity index (χ3v) is 3.77. The van der Waals surface area contributed by atoms with Crippen LogP contribution in [0, 0.1) is 5.92 Å². The Labute approximate surface area is 125 Å². The number of rotatable bonds is 5. The summed E-state index contributed by atoms with van der Waals surface area (Å²) >= 11 is 0. The molecule has 1 fully saturated rings. The van der Waals surface area contributed by atoms with Crippen LogP contribution in [0.25, 0.3) is 0 Å². The van der Waals surface area contributed by atoms with Crippen LogP contribution in [0.4, 0.5) is 5.69 Å². The van der Waals surface area contributed by atoms with Crippen LogP contribution in [0.15, 0.2) is 24.3 Å². The van der Waals surface area contributed by atoms with Crippen molar-refractivity contribution in [2.75, 3.05) is 32.0 Å². The summed E-state index contributed by atoms with van der Waals surface area (Å²) < 4.78 is 0. The van der Waals surface area contributed by atoms with Crippen LogP contribution in [-0.2, 0) is 4.79 Å². The first-order valence-corrected chi connectivity index (χ1v) is 7.47. The first-order valence-electron chi connectivity index (χ1n) is 7.47. The second-order valence-corrected chi connectivity index (χ2v) is 5.49. The smallest absolute Gasteiger partial charge is 0.255 e. The Bertz CT molecular complexity index is 510. The van der Waals surface area contributed by atoms with Crippen molar-refractivity contribution in [3.8, 4) is 0 Å². The van der Waals surface area contributed by atoms with Gasteiger partial charge in [0.25, 0.3) is 5.91 Å². The quantitative estimate of drug-likeness (QED) is 0.867. The lowest BCUT2D eigenvalue weighted by molar-refractivity contribution is -0.119. The molecule has 1 atom stereocenters. The van der Waals surface area contributed by atoms with Crippen molar-refractivity contribution in [2.24, 2.45) is 5.92 Å². The maximum atomic E-state index is 12.5. The normalized spacial score (nSPS) is 15.8. The molecule has 21 heavy (non-hydrogen) atoms. The molecule has 0 aromatic heterocycles. The molecule has 5 nitrogen and oxygen atoms in total. The van der Waals surface area contributed by atoms with Crippen molar-refractivity contribution in [1.29, 1.82) is 0 Å². The molecule has 0 bridgehead atoms. The predicted octanol–water partition coefficient (Wildman–Crippen LogP) is 1.72. The fourth-order valence-electron chi connectivity index (χ4n) is 2.52. The van der Waals surface area contributed by atoms with Crippen LogP contribution in [-0.4, -0.2) is 43.4 Å². The van der Waals surface area contributed by atoms with E-state index in [9.17, 15) is 9.59 Å². The van der Waals surface area contributed by atoms with Crippen LogP contribution >= 0.6 is 0 Å². The standard InChI is InChI=1S/C16H23N3O2/c1-12(11-17-2)15(20)18-14-8-4-3-7-13(14)16(21)19-9-5-6-10-19/h3-4,7-8,12,17H,5-6,9-11H2,1-2H3,(H,18,20). The number of likely N-dealkylation sites (tertiary alicyclic amines) is 1. The zero-order valence-electron chi connectivity index (χ0n) is 12.7. The molecule has 114 valence electrons. The average Bonchev–Trinajstić information content (AvgIpc) is 3.01. The number of hydrogen-bond donors (Lipinski definition) is 2. The summed E-state index contributed by atoms with van der Waals surface area (Å²) in [5.74, 6) is -0.222. The number of para-hydroxylation sites is 1. The molecule has 1 heterocycles. The molecule has 0 aliphatic carbocycles. The summed E-state index contributed by atoms with van der Waals surface area (Å²) in [6, 6.07) is 7.22. The topological polar surface area (TPSA) is 61.4 Å². The molecule has 1 aromatic carbocycles. The van der Waals surface area contributed by atoms with Crippen molar-refractivity contribution < 1.29 is 9.59 Å². The van der Waals surface area contributed by atoms with E-state index in [1.54, 1.807) is 12.1 Å². The second-order valence-electron chi connectivity index (χ2n) is 5.49. The molecule has 0 saturated carbocycles. The Morgan fingerprint density at radius 2 is 1.90 bits per heavy atom. The number of hydrogen-bond acceptors (Lipinski definition) is 3. The second kappa shape index (κ2) is 7.22. The van der Waals surface area contributed by atoms with Gasteiger partial charge in [-0.15, -0.1) is 0 Å². The van der Waals surface area contributed by atoms with Crippen molar-refractivity contribution in [2.45, 2.75) is 19.8 Å². The van der Waals surface area contributed by atoms with Crippen LogP contribution in [0.1, 0.15) is 30.1 Å². The molecule has 2 rings (SSSR count). The minimum atomic E-state index is -0.148. The molecule has 1 aromatic rings. The number of nitrogens with one attached hydrogen (secondary N) is 2. The summed E-state index contributed by atoms with van der Waals surface area (Å²) in [4.78, 5) is 26.5. The van der Waals surface area contributed by atoms with Gasteiger partial charge in [-0.2, -0.15) is 0 Å². The molecular weight excluding hydrogens is 266 g/mol. The molecule has 1 aliphatic rings. The monoisotopic (exact) mass is 289 g/mol. The molecule has 2 amide bonds. The van der Waals surface area contributed by atoms with E-state index in [-0.39, 0.29) is 17.7 Å². The van der Waals surface area contributed by atoms with Gasteiger partial charge in [-0.3, -0.25) is 9.59 Å². The minimum Gasteiger partial charge on any atom is -0.339 e. The van der Waals surface area contributed by atoms with E-state index in [0.29, 0.717) is 17.8 Å². The van der Waals surface area contributed by atoms with E-state index in [2.05, 4.69) is 10.6 Å². The third kappa shape index (κ3) is 3.82. The first-order chi connectivity index (χ1) is 10.1. The van der Waals surface area contributed by atoms with Crippen LogP contribution in [0.2, 0.25) is 0 Å². The van der Waals surface area contributed by atoms with Gasteiger partial charge in [0, 0.05) is 25.6 Å². The Balaban J connectivity index is 2.13. The van der Waals surface area contributed by atoms with Crippen LogP contribution in [0.5, 0.6) is 0 Å². The van der Waals surface area contributed by atoms with E-state index in [0.717, 1.165) is 25.9 Å². The molecule has 1 aliphatic heterocycles. The lowest BCUT2D eigenvalue weighted by atomic mass is 10.1. The Hall–Kier alpha value is -1.88. The van der Waals surface area contributed by atoms with Gasteiger partial charge in [-0.25, -0.2) is 0 Å². The van der Waals surface area contributed by atoms with E-state index >= 15 is 0 Å². The SMILES string of the molecule is CNCC(C)C(=O)Nc1ccccc1C(=O)N1CCCC1. The number of nitrogens with zero attached hydrogens (tertiary/aromatic N) is 1. The van der Waals surface area contributed by atoms with Crippen molar-refractivity contribution in [3.63, 3.8) is 0 Å². The van der Waals surface area contributed by atoms with E-state index < -0.39 is 0 Å². The highest BCUT2D eigenvalue weighted by Crippen LogP contribution is 2.20. The Kier molecular flexibility index (Phi) is 5.33. The highest BCUT2D eigenvalue weighted by molar-refractivity contribution is 6.04. The number of carbonyl (C=O) groups is 2. The zero-order chi connectivity index (χ0) is 15.2. The van der Waals surface area contributed by atoms with E-state index in [1.165, 1.54) is 0 Å². The van der Waals surface area contributed by atoms with Gasteiger partial charge in [-0.05, 0) is 32.0 Å². The summed E-state index contributed by atoms with van der Waals surface area (Å²) in [7, 11) is 1.81. The van der Waals surface area contributed by atoms with Crippen LogP contribution in [0.3, 0.4) is 0 Å². The fraction of sp³-hybridized carbons (Fsp3) is 0.500. The van der Waals surface area contributed by atoms with Gasteiger partial charge < -0.3 is 15.5 Å². The predicted molar refractivity (Wildman–Crippen MR) is 83.3 cm³/mol. The van der Waals surface area contributed by atoms with Gasteiger partial charge in [0.1, 0.15) is 0 Å². The maximum Gasteiger partial charge on any atom is 0.255 e. The van der Waals surface area contributed by atoms with Crippen molar-refractivity contribution in [1.82, 2.24) is 10.2 Å². The molecule has 0 radical (unpaired) electrons. The lowest BCUT2D eigenvalue weighted by Crippen LogP contribution is -2.31. The summed E-state index contributed by atoms with van der Waals surface area (Å²) in [6.45, 7) is 4.07. The number of carbonyl (C=O) groups excluding carboxylic acids is 2. The Morgan fingerprint density at radius 1 is 1.24 bits per heavy atom. The first kappa shape index (κ1) is 15.5. The van der Waals surface area contributed by atoms with Crippen LogP contribution < -0.4 is 10.6 Å². The number of anilines is 1. The van der Waals surface area contributed by atoms with E-state index in [1.807, 2.05) is 31.0 Å². The molecule has 2 N–H and O–H groups in total. The lowest BCUT2D eigenvalue weighted by Gasteiger charge is -2.19. The fourth-order valence-corrected chi connectivity index (χ4v) is 2.52. The molecular formula is C16H23N3O2. The van der Waals surface area contributed by atoms with Gasteiger partial charge in [-0.1, -0.05) is 19.1 Å². The van der Waals surface area contributed by atoms with Gasteiger partial charge in [0.05, 0.1) is 11.3 Å². The van der Waals surface area contributed by atoms with E-state index in [4.69, 9.17) is 0 Å². The van der Waals surface area contributed by atoms with Crippen molar-refractivity contribution in [3.05, 3.63) is 29.8 Å². The molecule has 1 saturated heterocycles. The van der Waals surface area contributed by atoms with Gasteiger partial charge in [0.2, 0.25) is 5.91 Å². The maximum absolute atomic E-state index is 12.5. The summed E-state index contributed by atoms with van der Waals surface area (Å²) in [5.41, 5.74) is 1.17. The summed E-state index contributed by atoms with van der Waals surface area (Å²) in [5, 5.41) is 5.85. The number of benzene rings is 1. The minimum absolute atomic E-state index is 0.00432. The molecule has 1 unspecified atom stereocenters. The number of amides is 2. The highest BCUT2D eigenvalue weighted by atomic mass is 16.2. The third-order valence-electron chi connectivity index (χ3n) is 3.77. The Morgan fingerprint density at radius 3 is 2.57 bits per heavy atom.